The average Bonchev–Trinajstić information content (AvgIpc) is 2.94. The number of nitrogens with one attached hydrogen (secondary N) is 1. The number of allylic oxidation sites excluding steroid dienone is 1. The van der Waals surface area contributed by atoms with Gasteiger partial charge >= 0.3 is 0 Å². The Balaban J connectivity index is 1.66. The molecule has 1 fully saturated rings. The molecule has 0 aromatic carbocycles. The third-order valence-electron chi connectivity index (χ3n) is 4.26. The summed E-state index contributed by atoms with van der Waals surface area (Å²) in [7, 11) is 0. The third kappa shape index (κ3) is 2.18. The Morgan fingerprint density at radius 2 is 2.14 bits per heavy atom. The average molecular weight is 286 g/mol. The number of imidazole rings is 1. The lowest BCUT2D eigenvalue weighted by atomic mass is 10.1. The lowest BCUT2D eigenvalue weighted by molar-refractivity contribution is 0.244. The molecular weight excluding hydrogens is 268 g/mol. The number of fused-ring (bicyclic) bond motifs is 1. The second-order valence-electron chi connectivity index (χ2n) is 5.83. The van der Waals surface area contributed by atoms with E-state index in [0.29, 0.717) is 6.04 Å². The molecule has 0 radical (unpaired) electrons. The van der Waals surface area contributed by atoms with E-state index in [-0.39, 0.29) is 24.6 Å². The second kappa shape index (κ2) is 4.78. The van der Waals surface area contributed by atoms with Gasteiger partial charge in [0.2, 0.25) is 0 Å². The summed E-state index contributed by atoms with van der Waals surface area (Å²) in [4.78, 5) is 13.1. The van der Waals surface area contributed by atoms with Gasteiger partial charge in [-0.1, -0.05) is 12.2 Å². The molecule has 2 heterocycles. The van der Waals surface area contributed by atoms with Crippen LogP contribution in [0.2, 0.25) is 0 Å². The molecule has 0 amide bonds. The predicted octanol–water partition coefficient (Wildman–Crippen LogP) is 0.447. The molecule has 4 rings (SSSR count). The molecule has 2 aliphatic rings. The number of aliphatic hydroxyl groups is 1. The van der Waals surface area contributed by atoms with Crippen molar-refractivity contribution in [3.05, 3.63) is 24.8 Å². The van der Waals surface area contributed by atoms with Crippen molar-refractivity contribution in [3.8, 4) is 0 Å². The van der Waals surface area contributed by atoms with Crippen LogP contribution in [0.3, 0.4) is 0 Å². The summed E-state index contributed by atoms with van der Waals surface area (Å²) in [6.45, 7) is 0.182. The van der Waals surface area contributed by atoms with Gasteiger partial charge < -0.3 is 20.7 Å². The maximum atomic E-state index is 9.25. The van der Waals surface area contributed by atoms with E-state index >= 15 is 0 Å². The fourth-order valence-electron chi connectivity index (χ4n) is 2.85. The molecule has 4 atom stereocenters. The van der Waals surface area contributed by atoms with E-state index in [0.717, 1.165) is 29.8 Å². The van der Waals surface area contributed by atoms with E-state index in [1.807, 2.05) is 4.57 Å². The molecule has 21 heavy (non-hydrogen) atoms. The first-order chi connectivity index (χ1) is 10.3. The van der Waals surface area contributed by atoms with Gasteiger partial charge in [-0.2, -0.15) is 0 Å². The van der Waals surface area contributed by atoms with Crippen LogP contribution in [0, 0.1) is 5.92 Å². The van der Waals surface area contributed by atoms with Crippen LogP contribution in [-0.2, 0) is 0 Å². The van der Waals surface area contributed by atoms with Crippen molar-refractivity contribution < 1.29 is 5.11 Å². The zero-order chi connectivity index (χ0) is 14.4. The minimum Gasteiger partial charge on any atom is -0.396 e. The van der Waals surface area contributed by atoms with Gasteiger partial charge in [-0.05, 0) is 12.8 Å². The number of aliphatic hydroxyl groups excluding tert-OH is 1. The maximum absolute atomic E-state index is 9.25. The lowest BCUT2D eigenvalue weighted by Gasteiger charge is -2.12. The summed E-state index contributed by atoms with van der Waals surface area (Å²) < 4.78 is 2.04. The van der Waals surface area contributed by atoms with Crippen LogP contribution < -0.4 is 11.1 Å². The van der Waals surface area contributed by atoms with E-state index in [1.54, 1.807) is 12.7 Å². The molecule has 2 aromatic rings. The number of nitrogens with zero attached hydrogens (tertiary/aromatic N) is 4. The molecule has 0 aliphatic heterocycles. The molecule has 4 N–H and O–H groups in total. The minimum absolute atomic E-state index is 0.182. The SMILES string of the molecule is NC1CC1Nc1ncnc2c1ncn2C1C=CC(CO)C1. The normalized spacial score (nSPS) is 31.0. The molecule has 0 saturated heterocycles. The van der Waals surface area contributed by atoms with Gasteiger partial charge in [0.15, 0.2) is 11.5 Å². The Morgan fingerprint density at radius 1 is 1.29 bits per heavy atom. The van der Waals surface area contributed by atoms with Crippen LogP contribution in [-0.4, -0.2) is 43.3 Å². The highest BCUT2D eigenvalue weighted by molar-refractivity contribution is 5.83. The first-order valence-electron chi connectivity index (χ1n) is 7.25. The number of anilines is 1. The standard InChI is InChI=1S/C14H18N6O/c15-10-4-11(10)19-13-12-14(17-6-16-13)20(7-18-12)9-2-1-8(3-9)5-21/h1-2,6-11,21H,3-5,15H2,(H,16,17,19). The van der Waals surface area contributed by atoms with E-state index in [1.165, 1.54) is 0 Å². The van der Waals surface area contributed by atoms with E-state index in [4.69, 9.17) is 5.73 Å². The summed E-state index contributed by atoms with van der Waals surface area (Å²) in [5, 5.41) is 12.6. The van der Waals surface area contributed by atoms with Crippen molar-refractivity contribution in [1.82, 2.24) is 19.5 Å². The summed E-state index contributed by atoms with van der Waals surface area (Å²) in [5.41, 5.74) is 7.42. The molecule has 4 unspecified atom stereocenters. The van der Waals surface area contributed by atoms with Gasteiger partial charge in [-0.25, -0.2) is 15.0 Å². The summed E-state index contributed by atoms with van der Waals surface area (Å²) in [6, 6.07) is 0.691. The van der Waals surface area contributed by atoms with Crippen LogP contribution in [0.1, 0.15) is 18.9 Å². The first-order valence-corrected chi connectivity index (χ1v) is 7.25. The molecule has 7 heteroatoms. The fraction of sp³-hybridized carbons (Fsp3) is 0.500. The predicted molar refractivity (Wildman–Crippen MR) is 78.7 cm³/mol. The number of rotatable bonds is 4. The Bertz CT molecular complexity index is 696. The Kier molecular flexibility index (Phi) is 2.90. The van der Waals surface area contributed by atoms with Crippen LogP contribution >= 0.6 is 0 Å². The molecular formula is C14H18N6O. The molecule has 7 nitrogen and oxygen atoms in total. The van der Waals surface area contributed by atoms with Crippen molar-refractivity contribution in [2.75, 3.05) is 11.9 Å². The molecule has 2 aliphatic carbocycles. The largest absolute Gasteiger partial charge is 0.396 e. The van der Waals surface area contributed by atoms with Crippen molar-refractivity contribution in [2.24, 2.45) is 11.7 Å². The summed E-state index contributed by atoms with van der Waals surface area (Å²) in [5.74, 6) is 0.966. The molecule has 110 valence electrons. The van der Waals surface area contributed by atoms with Gasteiger partial charge in [0, 0.05) is 24.6 Å². The number of nitrogens with two attached hydrogens (primary N) is 1. The highest BCUT2D eigenvalue weighted by Crippen LogP contribution is 2.31. The van der Waals surface area contributed by atoms with E-state index in [2.05, 4.69) is 32.4 Å². The van der Waals surface area contributed by atoms with Crippen molar-refractivity contribution in [2.45, 2.75) is 31.0 Å². The fourth-order valence-corrected chi connectivity index (χ4v) is 2.85. The Labute approximate surface area is 121 Å². The molecule has 0 spiro atoms. The first kappa shape index (κ1) is 12.7. The molecule has 0 bridgehead atoms. The number of aromatic nitrogens is 4. The van der Waals surface area contributed by atoms with Crippen LogP contribution in [0.5, 0.6) is 0 Å². The lowest BCUT2D eigenvalue weighted by Crippen LogP contribution is -2.14. The summed E-state index contributed by atoms with van der Waals surface area (Å²) >= 11 is 0. The van der Waals surface area contributed by atoms with Gasteiger partial charge in [0.05, 0.1) is 12.4 Å². The van der Waals surface area contributed by atoms with Gasteiger partial charge in [-0.3, -0.25) is 0 Å². The second-order valence-corrected chi connectivity index (χ2v) is 5.83. The Hall–Kier alpha value is -1.99. The number of hydrogen-bond acceptors (Lipinski definition) is 6. The zero-order valence-electron chi connectivity index (χ0n) is 11.6. The van der Waals surface area contributed by atoms with Gasteiger partial charge in [0.25, 0.3) is 0 Å². The summed E-state index contributed by atoms with van der Waals surface area (Å²) in [6.07, 6.45) is 9.36. The number of hydrogen-bond donors (Lipinski definition) is 3. The highest BCUT2D eigenvalue weighted by atomic mass is 16.3. The van der Waals surface area contributed by atoms with Crippen molar-refractivity contribution in [3.63, 3.8) is 0 Å². The molecule has 1 saturated carbocycles. The quantitative estimate of drug-likeness (QED) is 0.705. The maximum Gasteiger partial charge on any atom is 0.165 e. The van der Waals surface area contributed by atoms with Crippen LogP contribution in [0.25, 0.3) is 11.2 Å². The Morgan fingerprint density at radius 3 is 2.86 bits per heavy atom. The topological polar surface area (TPSA) is 102 Å². The van der Waals surface area contributed by atoms with Crippen LogP contribution in [0.15, 0.2) is 24.8 Å². The van der Waals surface area contributed by atoms with Crippen LogP contribution in [0.4, 0.5) is 5.82 Å². The highest BCUT2D eigenvalue weighted by Gasteiger charge is 2.34. The van der Waals surface area contributed by atoms with Crippen molar-refractivity contribution >= 4 is 17.0 Å². The monoisotopic (exact) mass is 286 g/mol. The molecule has 2 aromatic heterocycles. The third-order valence-corrected chi connectivity index (χ3v) is 4.26. The zero-order valence-corrected chi connectivity index (χ0v) is 11.6. The van der Waals surface area contributed by atoms with E-state index < -0.39 is 0 Å². The smallest absolute Gasteiger partial charge is 0.165 e. The van der Waals surface area contributed by atoms with Gasteiger partial charge in [-0.15, -0.1) is 0 Å². The van der Waals surface area contributed by atoms with Crippen molar-refractivity contribution in [1.29, 1.82) is 0 Å². The van der Waals surface area contributed by atoms with E-state index in [9.17, 15) is 5.11 Å². The minimum atomic E-state index is 0.182. The van der Waals surface area contributed by atoms with Gasteiger partial charge in [0.1, 0.15) is 11.8 Å².